The molecule has 8 heteroatoms. The van der Waals surface area contributed by atoms with Gasteiger partial charge in [-0.2, -0.15) is 4.52 Å². The number of nitrogens with zero attached hydrogens (tertiary/aromatic N) is 4. The van der Waals surface area contributed by atoms with E-state index in [0.29, 0.717) is 4.96 Å². The fourth-order valence-corrected chi connectivity index (χ4v) is 3.94. The van der Waals surface area contributed by atoms with Crippen molar-refractivity contribution < 1.29 is 9.53 Å². The van der Waals surface area contributed by atoms with Crippen molar-refractivity contribution in [3.8, 4) is 0 Å². The molecule has 0 spiro atoms. The molecular weight excluding hydrogens is 316 g/mol. The Hall–Kier alpha value is -1.96. The minimum absolute atomic E-state index is 0.180. The summed E-state index contributed by atoms with van der Waals surface area (Å²) in [4.78, 5) is 30.8. The fraction of sp³-hybridized carbons (Fsp3) is 0.600. The SMILES string of the molecule is COC(=O)C(C)(C)C1CCCN(c2nn3c(=O)ccnc3s2)C1. The van der Waals surface area contributed by atoms with Gasteiger partial charge in [-0.05, 0) is 32.6 Å². The third-order valence-corrected chi connectivity index (χ3v) is 5.57. The average Bonchev–Trinajstić information content (AvgIpc) is 3.00. The highest BCUT2D eigenvalue weighted by Crippen LogP contribution is 2.37. The van der Waals surface area contributed by atoms with Crippen molar-refractivity contribution in [1.82, 2.24) is 14.6 Å². The van der Waals surface area contributed by atoms with Gasteiger partial charge in [-0.1, -0.05) is 11.3 Å². The molecular formula is C15H20N4O3S. The molecule has 0 aromatic carbocycles. The lowest BCUT2D eigenvalue weighted by molar-refractivity contribution is -0.154. The van der Waals surface area contributed by atoms with Crippen molar-refractivity contribution >= 4 is 27.4 Å². The van der Waals surface area contributed by atoms with Crippen LogP contribution in [0.2, 0.25) is 0 Å². The van der Waals surface area contributed by atoms with Crippen molar-refractivity contribution in [2.45, 2.75) is 26.7 Å². The van der Waals surface area contributed by atoms with Crippen LogP contribution in [0.4, 0.5) is 5.13 Å². The third kappa shape index (κ3) is 2.83. The Morgan fingerprint density at radius 2 is 2.26 bits per heavy atom. The normalized spacial score (nSPS) is 19.1. The Kier molecular flexibility index (Phi) is 4.09. The first-order valence-electron chi connectivity index (χ1n) is 7.61. The largest absolute Gasteiger partial charge is 0.469 e. The number of carbonyl (C=O) groups excluding carboxylic acids is 1. The van der Waals surface area contributed by atoms with Gasteiger partial charge in [0.2, 0.25) is 10.1 Å². The molecule has 0 N–H and O–H groups in total. The predicted molar refractivity (Wildman–Crippen MR) is 87.9 cm³/mol. The van der Waals surface area contributed by atoms with E-state index in [1.165, 1.54) is 35.2 Å². The minimum Gasteiger partial charge on any atom is -0.469 e. The molecule has 3 heterocycles. The van der Waals surface area contributed by atoms with Crippen molar-refractivity contribution in [2.75, 3.05) is 25.1 Å². The molecule has 1 aliphatic heterocycles. The predicted octanol–water partition coefficient (Wildman–Crippen LogP) is 1.57. The summed E-state index contributed by atoms with van der Waals surface area (Å²) >= 11 is 1.40. The molecule has 1 saturated heterocycles. The number of methoxy groups -OCH3 is 1. The van der Waals surface area contributed by atoms with Gasteiger partial charge in [0.1, 0.15) is 0 Å². The van der Waals surface area contributed by atoms with Crippen LogP contribution in [-0.2, 0) is 9.53 Å². The molecule has 23 heavy (non-hydrogen) atoms. The number of hydrogen-bond donors (Lipinski definition) is 0. The Bertz CT molecular complexity index is 782. The second-order valence-corrected chi connectivity index (χ2v) is 7.29. The van der Waals surface area contributed by atoms with E-state index in [9.17, 15) is 9.59 Å². The van der Waals surface area contributed by atoms with Gasteiger partial charge in [-0.25, -0.2) is 4.98 Å². The Morgan fingerprint density at radius 3 is 2.96 bits per heavy atom. The number of esters is 1. The van der Waals surface area contributed by atoms with Crippen LogP contribution < -0.4 is 10.5 Å². The maximum atomic E-state index is 12.1. The lowest BCUT2D eigenvalue weighted by Crippen LogP contribution is -2.45. The lowest BCUT2D eigenvalue weighted by Gasteiger charge is -2.39. The fourth-order valence-electron chi connectivity index (χ4n) is 3.03. The van der Waals surface area contributed by atoms with Crippen LogP contribution in [-0.4, -0.2) is 40.8 Å². The summed E-state index contributed by atoms with van der Waals surface area (Å²) in [7, 11) is 1.43. The molecule has 124 valence electrons. The molecule has 1 unspecified atom stereocenters. The van der Waals surface area contributed by atoms with E-state index in [1.807, 2.05) is 13.8 Å². The minimum atomic E-state index is -0.542. The van der Waals surface area contributed by atoms with Crippen LogP contribution in [0.3, 0.4) is 0 Å². The summed E-state index contributed by atoms with van der Waals surface area (Å²) in [5.74, 6) is -0.00747. The zero-order chi connectivity index (χ0) is 16.6. The van der Waals surface area contributed by atoms with Gasteiger partial charge in [0.15, 0.2) is 0 Å². The lowest BCUT2D eigenvalue weighted by atomic mass is 9.74. The van der Waals surface area contributed by atoms with E-state index < -0.39 is 5.41 Å². The van der Waals surface area contributed by atoms with Crippen LogP contribution in [0.25, 0.3) is 4.96 Å². The molecule has 3 rings (SSSR count). The molecule has 1 atom stereocenters. The molecule has 0 amide bonds. The molecule has 0 aliphatic carbocycles. The van der Waals surface area contributed by atoms with Crippen LogP contribution in [0, 0.1) is 11.3 Å². The second-order valence-electron chi connectivity index (χ2n) is 6.36. The zero-order valence-corrected chi connectivity index (χ0v) is 14.3. The highest BCUT2D eigenvalue weighted by molar-refractivity contribution is 7.20. The summed E-state index contributed by atoms with van der Waals surface area (Å²) in [5.41, 5.74) is -0.722. The van der Waals surface area contributed by atoms with Crippen LogP contribution in [0.1, 0.15) is 26.7 Å². The quantitative estimate of drug-likeness (QED) is 0.792. The number of ether oxygens (including phenoxy) is 1. The number of carbonyl (C=O) groups is 1. The van der Waals surface area contributed by atoms with E-state index in [2.05, 4.69) is 15.0 Å². The van der Waals surface area contributed by atoms with E-state index in [0.717, 1.165) is 31.1 Å². The van der Waals surface area contributed by atoms with E-state index >= 15 is 0 Å². The summed E-state index contributed by atoms with van der Waals surface area (Å²) in [6.45, 7) is 5.44. The van der Waals surface area contributed by atoms with Crippen molar-refractivity contribution in [3.05, 3.63) is 22.6 Å². The van der Waals surface area contributed by atoms with Gasteiger partial charge in [-0.15, -0.1) is 5.10 Å². The Labute approximate surface area is 137 Å². The van der Waals surface area contributed by atoms with Gasteiger partial charge < -0.3 is 9.64 Å². The van der Waals surface area contributed by atoms with Gasteiger partial charge in [0.25, 0.3) is 5.56 Å². The first-order chi connectivity index (χ1) is 10.9. The van der Waals surface area contributed by atoms with Gasteiger partial charge in [-0.3, -0.25) is 9.59 Å². The zero-order valence-electron chi connectivity index (χ0n) is 13.5. The maximum absolute atomic E-state index is 12.1. The third-order valence-electron chi connectivity index (χ3n) is 4.58. The molecule has 0 saturated carbocycles. The maximum Gasteiger partial charge on any atom is 0.311 e. The molecule has 7 nitrogen and oxygen atoms in total. The van der Waals surface area contributed by atoms with Crippen molar-refractivity contribution in [1.29, 1.82) is 0 Å². The van der Waals surface area contributed by atoms with Crippen LogP contribution >= 0.6 is 11.3 Å². The number of anilines is 1. The molecule has 0 bridgehead atoms. The topological polar surface area (TPSA) is 76.8 Å². The average molecular weight is 336 g/mol. The van der Waals surface area contributed by atoms with Gasteiger partial charge in [0.05, 0.1) is 12.5 Å². The summed E-state index contributed by atoms with van der Waals surface area (Å²) < 4.78 is 6.28. The molecule has 1 aliphatic rings. The van der Waals surface area contributed by atoms with Crippen LogP contribution in [0.5, 0.6) is 0 Å². The van der Waals surface area contributed by atoms with E-state index in [1.54, 1.807) is 0 Å². The monoisotopic (exact) mass is 336 g/mol. The molecule has 1 fully saturated rings. The highest BCUT2D eigenvalue weighted by atomic mass is 32.1. The number of hydrogen-bond acceptors (Lipinski definition) is 7. The number of rotatable bonds is 3. The number of aromatic nitrogens is 3. The molecule has 0 radical (unpaired) electrons. The van der Waals surface area contributed by atoms with Crippen molar-refractivity contribution in [3.63, 3.8) is 0 Å². The standard InChI is InChI=1S/C15H20N4O3S/c1-15(2,12(21)22-3)10-5-4-8-18(9-10)14-17-19-11(20)6-7-16-13(19)23-14/h6-7,10H,4-5,8-9H2,1-3H3. The highest BCUT2D eigenvalue weighted by Gasteiger charge is 2.40. The molecule has 2 aromatic rings. The van der Waals surface area contributed by atoms with Gasteiger partial charge in [0, 0.05) is 25.4 Å². The first kappa shape index (κ1) is 15.9. The second kappa shape index (κ2) is 5.92. The summed E-state index contributed by atoms with van der Waals surface area (Å²) in [6.07, 6.45) is 3.45. The smallest absolute Gasteiger partial charge is 0.311 e. The Morgan fingerprint density at radius 1 is 1.48 bits per heavy atom. The summed E-state index contributed by atoms with van der Waals surface area (Å²) in [5, 5.41) is 5.16. The van der Waals surface area contributed by atoms with E-state index in [4.69, 9.17) is 4.74 Å². The first-order valence-corrected chi connectivity index (χ1v) is 8.43. The number of fused-ring (bicyclic) bond motifs is 1. The molecule has 2 aromatic heterocycles. The van der Waals surface area contributed by atoms with Crippen LogP contribution in [0.15, 0.2) is 17.1 Å². The summed E-state index contributed by atoms with van der Waals surface area (Å²) in [6, 6.07) is 1.40. The van der Waals surface area contributed by atoms with Crippen molar-refractivity contribution in [2.24, 2.45) is 11.3 Å². The number of piperidine rings is 1. The van der Waals surface area contributed by atoms with Gasteiger partial charge >= 0.3 is 5.97 Å². The Balaban J connectivity index is 1.87. The van der Waals surface area contributed by atoms with E-state index in [-0.39, 0.29) is 17.4 Å².